The lowest BCUT2D eigenvalue weighted by atomic mass is 9.94. The molecule has 0 amide bonds. The van der Waals surface area contributed by atoms with Gasteiger partial charge in [0.15, 0.2) is 0 Å². The van der Waals surface area contributed by atoms with E-state index in [1.807, 2.05) is 19.0 Å². The van der Waals surface area contributed by atoms with Crippen LogP contribution in [0.15, 0.2) is 47.2 Å². The number of nitrogens with zero attached hydrogens (tertiary/aromatic N) is 1. The van der Waals surface area contributed by atoms with Gasteiger partial charge in [0.05, 0.1) is 11.7 Å². The van der Waals surface area contributed by atoms with E-state index in [0.717, 1.165) is 25.1 Å². The summed E-state index contributed by atoms with van der Waals surface area (Å²) in [7, 11) is 2.01. The quantitative estimate of drug-likeness (QED) is 0.626. The van der Waals surface area contributed by atoms with Crippen molar-refractivity contribution in [1.29, 1.82) is 0 Å². The van der Waals surface area contributed by atoms with E-state index >= 15 is 0 Å². The standard InChI is InChI=1S/C27H33N3OS/c1-16-17(2)26(18(3)22-13-27(4,5)31-25(16)22)32-30-15-19(14-28-6)11-24(30)21-7-8-23-20(12-21)9-10-29-23/h7,9-12,15,23,28-29H,8,13-14H2,1-6H3. The van der Waals surface area contributed by atoms with Gasteiger partial charge in [-0.05, 0) is 118 Å². The lowest BCUT2D eigenvalue weighted by Gasteiger charge is -2.21. The Hall–Kier alpha value is -2.37. The second-order valence-electron chi connectivity index (χ2n) is 9.82. The number of ether oxygens (including phenoxy) is 1. The van der Waals surface area contributed by atoms with Crippen LogP contribution in [0.2, 0.25) is 0 Å². The summed E-state index contributed by atoms with van der Waals surface area (Å²) >= 11 is 1.84. The molecule has 0 saturated heterocycles. The molecule has 4 nitrogen and oxygen atoms in total. The monoisotopic (exact) mass is 447 g/mol. The fourth-order valence-electron chi connectivity index (χ4n) is 5.05. The van der Waals surface area contributed by atoms with E-state index in [1.165, 1.54) is 49.6 Å². The van der Waals surface area contributed by atoms with Crippen LogP contribution >= 0.6 is 11.9 Å². The molecule has 1 aromatic heterocycles. The van der Waals surface area contributed by atoms with Crippen molar-refractivity contribution in [3.05, 3.63) is 75.8 Å². The predicted octanol–water partition coefficient (Wildman–Crippen LogP) is 5.60. The summed E-state index contributed by atoms with van der Waals surface area (Å²) in [5.74, 6) is 1.10. The molecule has 1 aliphatic carbocycles. The van der Waals surface area contributed by atoms with Gasteiger partial charge in [0, 0.05) is 29.6 Å². The van der Waals surface area contributed by atoms with E-state index in [4.69, 9.17) is 4.74 Å². The molecule has 3 aliphatic rings. The summed E-state index contributed by atoms with van der Waals surface area (Å²) in [4.78, 5) is 1.35. The normalized spacial score (nSPS) is 20.4. The topological polar surface area (TPSA) is 38.2 Å². The summed E-state index contributed by atoms with van der Waals surface area (Å²) in [6, 6.07) is 2.76. The average Bonchev–Trinajstić information content (AvgIpc) is 3.46. The third-order valence-corrected chi connectivity index (χ3v) is 8.17. The highest BCUT2D eigenvalue weighted by atomic mass is 32.2. The molecule has 1 atom stereocenters. The average molecular weight is 448 g/mol. The van der Waals surface area contributed by atoms with Crippen LogP contribution in [0.3, 0.4) is 0 Å². The van der Waals surface area contributed by atoms with Gasteiger partial charge in [-0.1, -0.05) is 6.08 Å². The molecule has 0 spiro atoms. The maximum absolute atomic E-state index is 6.33. The van der Waals surface area contributed by atoms with Gasteiger partial charge in [0.2, 0.25) is 0 Å². The lowest BCUT2D eigenvalue weighted by Crippen LogP contribution is -2.24. The Morgan fingerprint density at radius 2 is 2.03 bits per heavy atom. The number of rotatable bonds is 5. The number of hydrogen-bond acceptors (Lipinski definition) is 4. The summed E-state index contributed by atoms with van der Waals surface area (Å²) in [6.07, 6.45) is 13.2. The molecule has 0 radical (unpaired) electrons. The zero-order valence-corrected chi connectivity index (χ0v) is 20.7. The first-order valence-corrected chi connectivity index (χ1v) is 12.3. The first kappa shape index (κ1) is 21.5. The largest absolute Gasteiger partial charge is 0.487 e. The van der Waals surface area contributed by atoms with E-state index in [0.29, 0.717) is 6.04 Å². The van der Waals surface area contributed by atoms with Gasteiger partial charge in [-0.25, -0.2) is 0 Å². The lowest BCUT2D eigenvalue weighted by molar-refractivity contribution is 0.137. The van der Waals surface area contributed by atoms with Crippen LogP contribution in [-0.2, 0) is 13.0 Å². The second-order valence-corrected chi connectivity index (χ2v) is 10.8. The molecule has 2 N–H and O–H groups in total. The van der Waals surface area contributed by atoms with Gasteiger partial charge in [-0.2, -0.15) is 0 Å². The molecule has 3 heterocycles. The smallest absolute Gasteiger partial charge is 0.126 e. The first-order valence-electron chi connectivity index (χ1n) is 11.5. The Balaban J connectivity index is 1.57. The van der Waals surface area contributed by atoms with Gasteiger partial charge in [-0.15, -0.1) is 0 Å². The number of hydrogen-bond donors (Lipinski definition) is 2. The zero-order valence-electron chi connectivity index (χ0n) is 19.9. The molecule has 2 aromatic rings. The van der Waals surface area contributed by atoms with Crippen LogP contribution in [0, 0.1) is 20.8 Å². The SMILES string of the molecule is CNCc1cc(C2=CCC3NC=CC3=C2)n(Sc2c(C)c(C)c3c(c2C)CC(C)(C)O3)c1. The Labute approximate surface area is 195 Å². The number of fused-ring (bicyclic) bond motifs is 2. The Morgan fingerprint density at radius 1 is 1.22 bits per heavy atom. The van der Waals surface area contributed by atoms with Crippen molar-refractivity contribution in [3.8, 4) is 5.75 Å². The molecule has 5 rings (SSSR count). The molecule has 0 bridgehead atoms. The van der Waals surface area contributed by atoms with Crippen molar-refractivity contribution in [2.75, 3.05) is 7.05 Å². The van der Waals surface area contributed by atoms with Gasteiger partial charge >= 0.3 is 0 Å². The molecular weight excluding hydrogens is 414 g/mol. The molecule has 0 saturated carbocycles. The predicted molar refractivity (Wildman–Crippen MR) is 134 cm³/mol. The van der Waals surface area contributed by atoms with Crippen LogP contribution in [0.25, 0.3) is 5.57 Å². The van der Waals surface area contributed by atoms with Crippen LogP contribution in [0.5, 0.6) is 5.75 Å². The zero-order chi connectivity index (χ0) is 22.6. The van der Waals surface area contributed by atoms with E-state index in [-0.39, 0.29) is 5.60 Å². The first-order chi connectivity index (χ1) is 15.3. The maximum Gasteiger partial charge on any atom is 0.126 e. The Bertz CT molecular complexity index is 1180. The van der Waals surface area contributed by atoms with Crippen molar-refractivity contribution in [3.63, 3.8) is 0 Å². The molecule has 1 unspecified atom stereocenters. The highest BCUT2D eigenvalue weighted by Crippen LogP contribution is 2.46. The van der Waals surface area contributed by atoms with E-state index in [9.17, 15) is 0 Å². The van der Waals surface area contributed by atoms with Gasteiger partial charge in [-0.3, -0.25) is 3.97 Å². The Morgan fingerprint density at radius 3 is 2.81 bits per heavy atom. The van der Waals surface area contributed by atoms with Gasteiger partial charge in [0.25, 0.3) is 0 Å². The van der Waals surface area contributed by atoms with E-state index in [1.54, 1.807) is 0 Å². The number of benzene rings is 1. The minimum atomic E-state index is -0.134. The maximum atomic E-state index is 6.33. The van der Waals surface area contributed by atoms with Crippen molar-refractivity contribution in [2.24, 2.45) is 0 Å². The summed E-state index contributed by atoms with van der Waals surface area (Å²) < 4.78 is 8.70. The molecule has 1 aromatic carbocycles. The van der Waals surface area contributed by atoms with Crippen LogP contribution in [0.4, 0.5) is 0 Å². The number of aromatic nitrogens is 1. The molecular formula is C27H33N3OS. The summed E-state index contributed by atoms with van der Waals surface area (Å²) in [5.41, 5.74) is 10.4. The molecule has 5 heteroatoms. The van der Waals surface area contributed by atoms with Crippen molar-refractivity contribution >= 4 is 17.5 Å². The molecule has 168 valence electrons. The van der Waals surface area contributed by atoms with Crippen LogP contribution < -0.4 is 15.4 Å². The van der Waals surface area contributed by atoms with E-state index < -0.39 is 0 Å². The van der Waals surface area contributed by atoms with Gasteiger partial charge in [0.1, 0.15) is 11.4 Å². The Kier molecular flexibility index (Phi) is 5.30. The number of nitrogens with one attached hydrogen (secondary N) is 2. The highest BCUT2D eigenvalue weighted by Gasteiger charge is 2.34. The summed E-state index contributed by atoms with van der Waals surface area (Å²) in [5, 5.41) is 6.74. The molecule has 32 heavy (non-hydrogen) atoms. The minimum Gasteiger partial charge on any atom is -0.487 e. The third kappa shape index (κ3) is 3.61. The molecule has 0 fully saturated rings. The third-order valence-electron chi connectivity index (χ3n) is 6.87. The van der Waals surface area contributed by atoms with Crippen LogP contribution in [-0.4, -0.2) is 22.7 Å². The fourth-order valence-corrected chi connectivity index (χ4v) is 6.24. The summed E-state index contributed by atoms with van der Waals surface area (Å²) in [6.45, 7) is 11.9. The second kappa shape index (κ2) is 7.89. The van der Waals surface area contributed by atoms with Crippen molar-refractivity contribution in [2.45, 2.75) is 70.5 Å². The highest BCUT2D eigenvalue weighted by molar-refractivity contribution is 7.98. The minimum absolute atomic E-state index is 0.134. The molecule has 2 aliphatic heterocycles. The fraction of sp³-hybridized carbons (Fsp3) is 0.407. The number of allylic oxidation sites excluding steroid dienone is 2. The van der Waals surface area contributed by atoms with Crippen LogP contribution in [0.1, 0.15) is 53.8 Å². The van der Waals surface area contributed by atoms with Gasteiger partial charge < -0.3 is 15.4 Å². The van der Waals surface area contributed by atoms with Crippen molar-refractivity contribution < 1.29 is 4.74 Å². The van der Waals surface area contributed by atoms with Crippen molar-refractivity contribution in [1.82, 2.24) is 14.6 Å². The van der Waals surface area contributed by atoms with E-state index in [2.05, 4.69) is 85.9 Å².